The van der Waals surface area contributed by atoms with Gasteiger partial charge in [-0.2, -0.15) is 0 Å². The third-order valence-corrected chi connectivity index (χ3v) is 5.17. The van der Waals surface area contributed by atoms with Gasteiger partial charge in [0.15, 0.2) is 11.1 Å². The van der Waals surface area contributed by atoms with Crippen LogP contribution in [-0.2, 0) is 4.79 Å². The summed E-state index contributed by atoms with van der Waals surface area (Å²) in [4.78, 5) is 19.3. The predicted octanol–water partition coefficient (Wildman–Crippen LogP) is 4.85. The fourth-order valence-electron chi connectivity index (χ4n) is 2.77. The Bertz CT molecular complexity index is 856. The van der Waals surface area contributed by atoms with Gasteiger partial charge < -0.3 is 14.6 Å². The Morgan fingerprint density at radius 1 is 1.15 bits per heavy atom. The molecular formula is C18H17Cl2N3O2S. The van der Waals surface area contributed by atoms with Crippen LogP contribution in [-0.4, -0.2) is 24.2 Å². The van der Waals surface area contributed by atoms with Crippen molar-refractivity contribution in [3.8, 4) is 0 Å². The van der Waals surface area contributed by atoms with E-state index >= 15 is 0 Å². The number of amidine groups is 1. The van der Waals surface area contributed by atoms with Gasteiger partial charge in [0.2, 0.25) is 0 Å². The van der Waals surface area contributed by atoms with Gasteiger partial charge in [-0.1, -0.05) is 11.6 Å². The number of nitrogens with one attached hydrogen (secondary N) is 1. The highest BCUT2D eigenvalue weighted by Crippen LogP contribution is 2.30. The van der Waals surface area contributed by atoms with Crippen LogP contribution >= 0.6 is 35.8 Å². The lowest BCUT2D eigenvalue weighted by molar-refractivity contribution is -0.115. The Hall–Kier alpha value is -1.89. The molecule has 4 rings (SSSR count). The first-order valence-electron chi connectivity index (χ1n) is 8.07. The van der Waals surface area contributed by atoms with E-state index in [1.165, 1.54) is 24.6 Å². The van der Waals surface area contributed by atoms with Gasteiger partial charge in [0.25, 0.3) is 5.91 Å². The Morgan fingerprint density at radius 2 is 1.88 bits per heavy atom. The van der Waals surface area contributed by atoms with Crippen molar-refractivity contribution in [3.63, 3.8) is 0 Å². The summed E-state index contributed by atoms with van der Waals surface area (Å²) >= 11 is 7.17. The topological polar surface area (TPSA) is 57.8 Å². The van der Waals surface area contributed by atoms with Crippen LogP contribution in [0.15, 0.2) is 50.7 Å². The molecule has 0 bridgehead atoms. The number of anilines is 1. The fraction of sp³-hybridized carbons (Fsp3) is 0.222. The number of furan rings is 1. The SMILES string of the molecule is Cl.O=C1NC(=Nc2ccc(Cl)cc2)S/C1=C\c1ccc(N2CCCC2)o1. The molecule has 1 amide bonds. The van der Waals surface area contributed by atoms with E-state index in [0.717, 1.165) is 24.7 Å². The predicted molar refractivity (Wildman–Crippen MR) is 110 cm³/mol. The van der Waals surface area contributed by atoms with Crippen LogP contribution in [0.1, 0.15) is 18.6 Å². The van der Waals surface area contributed by atoms with Crippen molar-refractivity contribution in [2.45, 2.75) is 12.8 Å². The first-order valence-corrected chi connectivity index (χ1v) is 9.27. The summed E-state index contributed by atoms with van der Waals surface area (Å²) in [6.45, 7) is 2.05. The highest BCUT2D eigenvalue weighted by molar-refractivity contribution is 8.18. The second-order valence-corrected chi connectivity index (χ2v) is 7.30. The minimum absolute atomic E-state index is 0. The van der Waals surface area contributed by atoms with Crippen LogP contribution in [0.4, 0.5) is 11.6 Å². The second-order valence-electron chi connectivity index (χ2n) is 5.83. The summed E-state index contributed by atoms with van der Waals surface area (Å²) < 4.78 is 5.85. The van der Waals surface area contributed by atoms with E-state index in [0.29, 0.717) is 20.9 Å². The molecule has 0 unspecified atom stereocenters. The van der Waals surface area contributed by atoms with Crippen molar-refractivity contribution in [1.82, 2.24) is 5.32 Å². The van der Waals surface area contributed by atoms with Gasteiger partial charge in [-0.25, -0.2) is 4.99 Å². The number of hydrogen-bond donors (Lipinski definition) is 1. The summed E-state index contributed by atoms with van der Waals surface area (Å²) in [5.41, 5.74) is 0.739. The zero-order valence-electron chi connectivity index (χ0n) is 13.8. The molecule has 2 aliphatic rings. The molecule has 1 aromatic heterocycles. The fourth-order valence-corrected chi connectivity index (χ4v) is 3.72. The highest BCUT2D eigenvalue weighted by atomic mass is 35.5. The molecular weight excluding hydrogens is 393 g/mol. The van der Waals surface area contributed by atoms with E-state index < -0.39 is 0 Å². The van der Waals surface area contributed by atoms with Gasteiger partial charge in [-0.15, -0.1) is 12.4 Å². The first kappa shape index (κ1) is 18.9. The molecule has 1 aromatic carbocycles. The number of amides is 1. The van der Waals surface area contributed by atoms with Crippen molar-refractivity contribution < 1.29 is 9.21 Å². The third-order valence-electron chi connectivity index (χ3n) is 4.01. The van der Waals surface area contributed by atoms with Crippen LogP contribution in [0.3, 0.4) is 0 Å². The molecule has 3 heterocycles. The molecule has 0 saturated carbocycles. The molecule has 0 aliphatic carbocycles. The van der Waals surface area contributed by atoms with Crippen molar-refractivity contribution >= 4 is 64.5 Å². The number of rotatable bonds is 3. The van der Waals surface area contributed by atoms with Crippen LogP contribution in [0, 0.1) is 0 Å². The minimum Gasteiger partial charge on any atom is -0.441 e. The molecule has 2 aliphatic heterocycles. The number of aliphatic imine (C=N–C) groups is 1. The number of hydrogen-bond acceptors (Lipinski definition) is 5. The summed E-state index contributed by atoms with van der Waals surface area (Å²) in [5, 5.41) is 3.97. The van der Waals surface area contributed by atoms with Crippen molar-refractivity contribution in [2.75, 3.05) is 18.0 Å². The molecule has 136 valence electrons. The Morgan fingerprint density at radius 3 is 2.62 bits per heavy atom. The normalized spacial score (nSPS) is 19.9. The van der Waals surface area contributed by atoms with E-state index in [1.54, 1.807) is 30.3 Å². The lowest BCUT2D eigenvalue weighted by atomic mass is 10.3. The number of nitrogens with zero attached hydrogens (tertiary/aromatic N) is 2. The number of benzene rings is 1. The van der Waals surface area contributed by atoms with Gasteiger partial charge in [0.1, 0.15) is 5.76 Å². The van der Waals surface area contributed by atoms with Crippen LogP contribution in [0.25, 0.3) is 6.08 Å². The van der Waals surface area contributed by atoms with E-state index in [1.807, 2.05) is 12.1 Å². The highest BCUT2D eigenvalue weighted by Gasteiger charge is 2.24. The Balaban J connectivity index is 0.00000196. The smallest absolute Gasteiger partial charge is 0.264 e. The quantitative estimate of drug-likeness (QED) is 0.736. The van der Waals surface area contributed by atoms with Gasteiger partial charge >= 0.3 is 0 Å². The lowest BCUT2D eigenvalue weighted by Crippen LogP contribution is -2.19. The lowest BCUT2D eigenvalue weighted by Gasteiger charge is -2.12. The maximum absolute atomic E-state index is 12.1. The summed E-state index contributed by atoms with van der Waals surface area (Å²) in [6.07, 6.45) is 4.14. The zero-order valence-corrected chi connectivity index (χ0v) is 16.2. The molecule has 2 aromatic rings. The molecule has 1 N–H and O–H groups in total. The van der Waals surface area contributed by atoms with Crippen molar-refractivity contribution in [2.24, 2.45) is 4.99 Å². The average molecular weight is 410 g/mol. The summed E-state index contributed by atoms with van der Waals surface area (Å²) in [6, 6.07) is 11.0. The van der Waals surface area contributed by atoms with Gasteiger partial charge in [0, 0.05) is 30.3 Å². The van der Waals surface area contributed by atoms with Gasteiger partial charge in [0.05, 0.1) is 10.6 Å². The molecule has 2 saturated heterocycles. The van der Waals surface area contributed by atoms with E-state index in [4.69, 9.17) is 16.0 Å². The van der Waals surface area contributed by atoms with Crippen LogP contribution < -0.4 is 10.2 Å². The van der Waals surface area contributed by atoms with Crippen molar-refractivity contribution in [3.05, 3.63) is 52.1 Å². The third kappa shape index (κ3) is 4.26. The van der Waals surface area contributed by atoms with Crippen LogP contribution in [0.5, 0.6) is 0 Å². The first-order chi connectivity index (χ1) is 12.2. The van der Waals surface area contributed by atoms with Crippen LogP contribution in [0.2, 0.25) is 5.02 Å². The number of carbonyl (C=O) groups excluding carboxylic acids is 1. The molecule has 0 spiro atoms. The Kier molecular flexibility index (Phi) is 5.96. The van der Waals surface area contributed by atoms with Gasteiger partial charge in [-0.3, -0.25) is 4.79 Å². The maximum atomic E-state index is 12.1. The summed E-state index contributed by atoms with van der Waals surface area (Å²) in [7, 11) is 0. The zero-order chi connectivity index (χ0) is 17.2. The molecule has 0 radical (unpaired) electrons. The maximum Gasteiger partial charge on any atom is 0.264 e. The summed E-state index contributed by atoms with van der Waals surface area (Å²) in [5.74, 6) is 1.37. The second kappa shape index (κ2) is 8.20. The largest absolute Gasteiger partial charge is 0.441 e. The van der Waals surface area contributed by atoms with Crippen molar-refractivity contribution in [1.29, 1.82) is 0 Å². The number of carbonyl (C=O) groups is 1. The Labute approximate surface area is 166 Å². The molecule has 8 heteroatoms. The molecule has 5 nitrogen and oxygen atoms in total. The number of thioether (sulfide) groups is 1. The molecule has 26 heavy (non-hydrogen) atoms. The van der Waals surface area contributed by atoms with Gasteiger partial charge in [-0.05, 0) is 54.9 Å². The van der Waals surface area contributed by atoms with E-state index in [9.17, 15) is 4.79 Å². The molecule has 0 atom stereocenters. The van der Waals surface area contributed by atoms with E-state index in [2.05, 4.69) is 15.2 Å². The standard InChI is InChI=1S/C18H16ClN3O2S.ClH/c19-12-3-5-13(6-4-12)20-18-21-17(23)15(25-18)11-14-7-8-16(24-14)22-9-1-2-10-22;/h3-8,11H,1-2,9-10H2,(H,20,21,23);1H/b15-11-;. The molecule has 2 fully saturated rings. The minimum atomic E-state index is -0.170. The average Bonchev–Trinajstić information content (AvgIpc) is 3.32. The van der Waals surface area contributed by atoms with E-state index in [-0.39, 0.29) is 18.3 Å². The monoisotopic (exact) mass is 409 g/mol. The number of halogens is 2.